The number of halogens is 3. The Labute approximate surface area is 47.7 Å². The van der Waals surface area contributed by atoms with Gasteiger partial charge in [-0.25, -0.2) is 0 Å². The van der Waals surface area contributed by atoms with Crippen LogP contribution < -0.4 is 0 Å². The van der Waals surface area contributed by atoms with Crippen LogP contribution in [0, 0.1) is 0 Å². The summed E-state index contributed by atoms with van der Waals surface area (Å²) in [5, 5.41) is 0. The number of rotatable bonds is 0. The zero-order valence-corrected chi connectivity index (χ0v) is 5.17. The molecule has 0 N–H and O–H groups in total. The molecule has 0 rings (SSSR count). The van der Waals surface area contributed by atoms with Crippen LogP contribution in [0.3, 0.4) is 0 Å². The number of hydrogen-bond acceptors (Lipinski definition) is 0. The predicted octanol–water partition coefficient (Wildman–Crippen LogP) is 0.898. The van der Waals surface area contributed by atoms with E-state index in [0.29, 0.717) is 24.2 Å². The minimum atomic E-state index is -4.04. The van der Waals surface area contributed by atoms with Crippen molar-refractivity contribution in [2.24, 2.45) is 0 Å². The Balaban J connectivity index is 3.45. The second kappa shape index (κ2) is 2.01. The van der Waals surface area contributed by atoms with Gasteiger partial charge in [0.2, 0.25) is 0 Å². The van der Waals surface area contributed by atoms with Crippen LogP contribution in [0.15, 0.2) is 0 Å². The molecule has 0 saturated carbocycles. The van der Waals surface area contributed by atoms with Gasteiger partial charge in [0.15, 0.2) is 0 Å². The van der Waals surface area contributed by atoms with Crippen molar-refractivity contribution in [1.82, 2.24) is 0 Å². The molecule has 0 fully saturated rings. The molecule has 0 atom stereocenters. The molecular formula is C2HF3Zr+2. The number of hydrogen-bond donors (Lipinski definition) is 0. The van der Waals surface area contributed by atoms with Crippen LogP contribution in [0.5, 0.6) is 0 Å². The third kappa shape index (κ3) is 4.54. The zero-order valence-electron chi connectivity index (χ0n) is 2.71. The predicted molar refractivity (Wildman–Crippen MR) is 12.1 cm³/mol. The summed E-state index contributed by atoms with van der Waals surface area (Å²) in [6.45, 7) is 0. The van der Waals surface area contributed by atoms with Crippen molar-refractivity contribution in [3.05, 3.63) is 0 Å². The van der Waals surface area contributed by atoms with Crippen LogP contribution in [0.2, 0.25) is 0 Å². The summed E-state index contributed by atoms with van der Waals surface area (Å²) < 4.78 is 32.5. The van der Waals surface area contributed by atoms with E-state index in [4.69, 9.17) is 0 Å². The van der Waals surface area contributed by atoms with E-state index in [-0.39, 0.29) is 3.71 Å². The molecule has 0 spiro atoms. The molecule has 0 bridgehead atoms. The molecule has 0 aromatic heterocycles. The fourth-order valence-electron chi connectivity index (χ4n) is 0. The molecule has 0 amide bonds. The molecular weight excluding hydrogens is 172 g/mol. The fraction of sp³-hybridized carbons (Fsp3) is 0.500. The average Bonchev–Trinajstić information content (AvgIpc) is 1.35. The second-order valence-corrected chi connectivity index (χ2v) is 1.40. The van der Waals surface area contributed by atoms with Crippen molar-refractivity contribution < 1.29 is 37.4 Å². The molecule has 0 aliphatic heterocycles. The van der Waals surface area contributed by atoms with E-state index in [1.54, 1.807) is 0 Å². The van der Waals surface area contributed by atoms with E-state index in [9.17, 15) is 13.2 Å². The summed E-state index contributed by atoms with van der Waals surface area (Å²) in [4.78, 5) is 0. The Hall–Kier alpha value is 0.543. The van der Waals surface area contributed by atoms with Crippen molar-refractivity contribution in [2.75, 3.05) is 0 Å². The molecule has 0 saturated heterocycles. The number of alkyl halides is 3. The van der Waals surface area contributed by atoms with Gasteiger partial charge >= 0.3 is 47.3 Å². The van der Waals surface area contributed by atoms with Gasteiger partial charge in [0.1, 0.15) is 0 Å². The summed E-state index contributed by atoms with van der Waals surface area (Å²) in [7, 11) is 0. The van der Waals surface area contributed by atoms with Crippen LogP contribution in [0.1, 0.15) is 0 Å². The van der Waals surface area contributed by atoms with Gasteiger partial charge in [0.25, 0.3) is 0 Å². The molecule has 32 valence electrons. The maximum absolute atomic E-state index is 10.8. The van der Waals surface area contributed by atoms with Crippen LogP contribution in [-0.4, -0.2) is 9.89 Å². The first-order valence-electron chi connectivity index (χ1n) is 1.14. The molecule has 0 heterocycles. The Morgan fingerprint density at radius 2 is 1.50 bits per heavy atom. The van der Waals surface area contributed by atoms with E-state index in [1.165, 1.54) is 0 Å². The molecule has 4 heteroatoms. The Kier molecular flexibility index (Phi) is 2.19. The molecule has 0 aliphatic rings. The minimum absolute atomic E-state index is 0.277. The van der Waals surface area contributed by atoms with Gasteiger partial charge in [0.05, 0.1) is 0 Å². The Morgan fingerprint density at radius 3 is 1.50 bits per heavy atom. The van der Waals surface area contributed by atoms with Crippen molar-refractivity contribution in [2.45, 2.75) is 6.18 Å². The zero-order chi connectivity index (χ0) is 5.21. The Morgan fingerprint density at radius 1 is 1.33 bits per heavy atom. The Bertz CT molecular complexity index is 54.3. The van der Waals surface area contributed by atoms with E-state index in [0.717, 1.165) is 0 Å². The van der Waals surface area contributed by atoms with Gasteiger partial charge in [-0.1, -0.05) is 0 Å². The molecule has 0 aliphatic carbocycles. The van der Waals surface area contributed by atoms with Gasteiger partial charge in [-0.15, -0.1) is 0 Å². The third-order valence-corrected chi connectivity index (χ3v) is 0.968. The monoisotopic (exact) mass is 172 g/mol. The molecule has 6 heavy (non-hydrogen) atoms. The molecule has 0 aromatic rings. The standard InChI is InChI=1S/C2HF3.Zr/c1-2(3,4)5;/h1H;/q;+2. The van der Waals surface area contributed by atoms with Crippen molar-refractivity contribution in [3.63, 3.8) is 0 Å². The van der Waals surface area contributed by atoms with Crippen molar-refractivity contribution in [1.29, 1.82) is 0 Å². The molecule has 0 aromatic carbocycles. The first kappa shape index (κ1) is 6.54. The maximum atomic E-state index is 10.8. The van der Waals surface area contributed by atoms with Crippen LogP contribution in [0.25, 0.3) is 0 Å². The van der Waals surface area contributed by atoms with E-state index < -0.39 is 6.18 Å². The second-order valence-electron chi connectivity index (χ2n) is 0.686. The quantitative estimate of drug-likeness (QED) is 0.510. The summed E-state index contributed by atoms with van der Waals surface area (Å²) in [6, 6.07) is 0. The van der Waals surface area contributed by atoms with Gasteiger partial charge in [-0.3, -0.25) is 0 Å². The van der Waals surface area contributed by atoms with E-state index >= 15 is 0 Å². The van der Waals surface area contributed by atoms with Crippen LogP contribution in [-0.2, 0) is 24.2 Å². The molecule has 0 nitrogen and oxygen atoms in total. The average molecular weight is 173 g/mol. The van der Waals surface area contributed by atoms with Crippen LogP contribution >= 0.6 is 0 Å². The summed E-state index contributed by atoms with van der Waals surface area (Å²) in [5.41, 5.74) is 0. The van der Waals surface area contributed by atoms with E-state index in [1.807, 2.05) is 0 Å². The SMILES string of the molecule is FC(F)(F)[CH]=[Zr+2]. The first-order valence-corrected chi connectivity index (χ1v) is 2.56. The topological polar surface area (TPSA) is 0 Å². The van der Waals surface area contributed by atoms with Gasteiger partial charge in [-0.2, -0.15) is 0 Å². The third-order valence-electron chi connectivity index (χ3n) is 0.164. The summed E-state index contributed by atoms with van der Waals surface area (Å²) in [5.74, 6) is 0. The molecule has 0 radical (unpaired) electrons. The fourth-order valence-corrected chi connectivity index (χ4v) is 0. The van der Waals surface area contributed by atoms with Gasteiger partial charge in [-0.05, 0) is 0 Å². The summed E-state index contributed by atoms with van der Waals surface area (Å²) >= 11 is 0.401. The normalized spacial score (nSPS) is 11.5. The first-order chi connectivity index (χ1) is 2.56. The molecule has 0 unspecified atom stereocenters. The van der Waals surface area contributed by atoms with Gasteiger partial charge < -0.3 is 0 Å². The van der Waals surface area contributed by atoms with Crippen LogP contribution in [0.4, 0.5) is 13.2 Å². The van der Waals surface area contributed by atoms with E-state index in [2.05, 4.69) is 0 Å². The van der Waals surface area contributed by atoms with Gasteiger partial charge in [0, 0.05) is 0 Å². The van der Waals surface area contributed by atoms with Crippen molar-refractivity contribution >= 4 is 3.71 Å². The summed E-state index contributed by atoms with van der Waals surface area (Å²) in [6.07, 6.45) is -4.04. The van der Waals surface area contributed by atoms with Crippen molar-refractivity contribution in [3.8, 4) is 0 Å².